The third kappa shape index (κ3) is 8.70. The molecule has 2 aromatic carbocycles. The Kier molecular flexibility index (Phi) is 10.7. The van der Waals surface area contributed by atoms with Crippen LogP contribution in [0, 0.1) is 11.8 Å². The summed E-state index contributed by atoms with van der Waals surface area (Å²) in [5, 5.41) is 22.0. The molecule has 3 amide bonds. The van der Waals surface area contributed by atoms with Crippen molar-refractivity contribution in [1.29, 1.82) is 0 Å². The van der Waals surface area contributed by atoms with Gasteiger partial charge in [-0.15, -0.1) is 0 Å². The average molecular weight is 583 g/mol. The van der Waals surface area contributed by atoms with Crippen molar-refractivity contribution in [2.75, 3.05) is 11.9 Å². The van der Waals surface area contributed by atoms with E-state index in [4.69, 9.17) is 4.74 Å². The number of anilines is 2. The van der Waals surface area contributed by atoms with Gasteiger partial charge < -0.3 is 31.1 Å². The van der Waals surface area contributed by atoms with Crippen LogP contribution in [0.4, 0.5) is 11.4 Å². The molecule has 0 aliphatic carbocycles. The minimum absolute atomic E-state index is 0.145. The van der Waals surface area contributed by atoms with Crippen molar-refractivity contribution in [3.8, 4) is 0 Å². The van der Waals surface area contributed by atoms with Gasteiger partial charge in [0.15, 0.2) is 6.29 Å². The number of carbonyl (C=O) groups excluding carboxylic acids is 3. The maximum Gasteiger partial charge on any atom is 0.243 e. The monoisotopic (exact) mass is 582 g/mol. The first kappa shape index (κ1) is 30.9. The van der Waals surface area contributed by atoms with Crippen molar-refractivity contribution >= 4 is 40.9 Å². The molecular formula is C31H42N4O5S. The summed E-state index contributed by atoms with van der Waals surface area (Å²) in [7, 11) is 0. The number of fused-ring (bicyclic) bond motifs is 2. The molecule has 1 saturated heterocycles. The average Bonchev–Trinajstić information content (AvgIpc) is 3.33. The molecule has 41 heavy (non-hydrogen) atoms. The summed E-state index contributed by atoms with van der Waals surface area (Å²) < 4.78 is 5.13. The molecule has 4 atom stereocenters. The second-order valence-corrected chi connectivity index (χ2v) is 12.7. The highest BCUT2D eigenvalue weighted by Crippen LogP contribution is 2.44. The zero-order valence-corrected chi connectivity index (χ0v) is 25.1. The van der Waals surface area contributed by atoms with Crippen LogP contribution in [0.1, 0.15) is 58.9 Å². The van der Waals surface area contributed by atoms with Crippen LogP contribution >= 0.6 is 11.8 Å². The molecule has 1 unspecified atom stereocenters. The Labute approximate surface area is 246 Å². The standard InChI is InChI=1S/C31H42N4O5S/c1-18(2)15-24(29(37)35-25(16-19(3)4)30(38)34-22-13-14-40-31(22)39)33-28(36)12-10-20-9-11-27-23(17-20)32-21-7-5-6-8-26(21)41-27/h5-9,11,17-19,22,24-25,31-32,39H,10,12-16H2,1-4H3,(H,33,36)(H,34,38)(H,35,37)/t22-,24-,25-,31?/m0/s1. The highest BCUT2D eigenvalue weighted by molar-refractivity contribution is 7.99. The molecule has 1 fully saturated rings. The van der Waals surface area contributed by atoms with Crippen LogP contribution in [0.5, 0.6) is 0 Å². The number of benzene rings is 2. The van der Waals surface area contributed by atoms with E-state index in [1.807, 2.05) is 52.0 Å². The number of nitrogens with one attached hydrogen (secondary N) is 4. The van der Waals surface area contributed by atoms with Crippen LogP contribution in [-0.2, 0) is 25.5 Å². The number of aliphatic hydroxyl groups excluding tert-OH is 1. The van der Waals surface area contributed by atoms with E-state index in [0.717, 1.165) is 21.8 Å². The SMILES string of the molecule is CC(C)C[C@H](NC(=O)CCc1ccc2c(c1)Nc1ccccc1S2)C(=O)N[C@@H](CC(C)C)C(=O)N[C@H]1CCOC1O. The number of hydrogen-bond acceptors (Lipinski definition) is 7. The van der Waals surface area contributed by atoms with Gasteiger partial charge in [-0.1, -0.05) is 57.7 Å². The molecule has 2 heterocycles. The molecule has 0 spiro atoms. The molecule has 10 heteroatoms. The van der Waals surface area contributed by atoms with Crippen molar-refractivity contribution in [2.45, 2.75) is 94.0 Å². The van der Waals surface area contributed by atoms with Gasteiger partial charge in [-0.05, 0) is 67.3 Å². The van der Waals surface area contributed by atoms with Crippen molar-refractivity contribution < 1.29 is 24.2 Å². The number of rotatable bonds is 12. The maximum absolute atomic E-state index is 13.4. The third-order valence-electron chi connectivity index (χ3n) is 7.15. The molecule has 0 bridgehead atoms. The van der Waals surface area contributed by atoms with Crippen LogP contribution < -0.4 is 21.3 Å². The Hall–Kier alpha value is -3.08. The predicted molar refractivity (Wildman–Crippen MR) is 160 cm³/mol. The highest BCUT2D eigenvalue weighted by Gasteiger charge is 2.32. The number of ether oxygens (including phenoxy) is 1. The lowest BCUT2D eigenvalue weighted by Gasteiger charge is -2.26. The van der Waals surface area contributed by atoms with E-state index in [-0.39, 0.29) is 36.0 Å². The molecule has 0 saturated carbocycles. The number of hydrogen-bond donors (Lipinski definition) is 5. The van der Waals surface area contributed by atoms with Gasteiger partial charge in [-0.3, -0.25) is 14.4 Å². The number of para-hydroxylation sites is 1. The smallest absolute Gasteiger partial charge is 0.243 e. The van der Waals surface area contributed by atoms with Crippen LogP contribution in [-0.4, -0.2) is 53.9 Å². The zero-order chi connectivity index (χ0) is 29.5. The molecule has 4 rings (SSSR count). The number of amides is 3. The van der Waals surface area contributed by atoms with E-state index in [9.17, 15) is 19.5 Å². The van der Waals surface area contributed by atoms with Crippen LogP contribution in [0.3, 0.4) is 0 Å². The summed E-state index contributed by atoms with van der Waals surface area (Å²) >= 11 is 1.72. The molecule has 5 N–H and O–H groups in total. The third-order valence-corrected chi connectivity index (χ3v) is 8.30. The summed E-state index contributed by atoms with van der Waals surface area (Å²) in [5.74, 6) is -0.664. The van der Waals surface area contributed by atoms with E-state index in [0.29, 0.717) is 32.3 Å². The molecule has 2 aliphatic rings. The molecule has 0 radical (unpaired) electrons. The first-order valence-electron chi connectivity index (χ1n) is 14.5. The Morgan fingerprint density at radius 3 is 2.32 bits per heavy atom. The summed E-state index contributed by atoms with van der Waals surface area (Å²) in [5.41, 5.74) is 3.12. The van der Waals surface area contributed by atoms with Gasteiger partial charge in [0, 0.05) is 16.2 Å². The highest BCUT2D eigenvalue weighted by atomic mass is 32.2. The van der Waals surface area contributed by atoms with Crippen LogP contribution in [0.15, 0.2) is 52.3 Å². The molecule has 2 aliphatic heterocycles. The van der Waals surface area contributed by atoms with Gasteiger partial charge >= 0.3 is 0 Å². The normalized spacial score (nSPS) is 19.1. The Morgan fingerprint density at radius 1 is 0.951 bits per heavy atom. The Balaban J connectivity index is 1.34. The second-order valence-electron chi connectivity index (χ2n) is 11.7. The number of aryl methyl sites for hydroxylation is 1. The van der Waals surface area contributed by atoms with Crippen LogP contribution in [0.2, 0.25) is 0 Å². The minimum atomic E-state index is -1.05. The molecule has 9 nitrogen and oxygen atoms in total. The minimum Gasteiger partial charge on any atom is -0.366 e. The van der Waals surface area contributed by atoms with Crippen molar-refractivity contribution in [3.05, 3.63) is 48.0 Å². The first-order chi connectivity index (χ1) is 19.6. The topological polar surface area (TPSA) is 129 Å². The fourth-order valence-electron chi connectivity index (χ4n) is 5.05. The number of carbonyl (C=O) groups is 3. The quantitative estimate of drug-likeness (QED) is 0.217. The van der Waals surface area contributed by atoms with Crippen molar-refractivity contribution in [3.63, 3.8) is 0 Å². The molecular weight excluding hydrogens is 540 g/mol. The van der Waals surface area contributed by atoms with Gasteiger partial charge in [-0.25, -0.2) is 0 Å². The summed E-state index contributed by atoms with van der Waals surface area (Å²) in [4.78, 5) is 41.7. The van der Waals surface area contributed by atoms with Gasteiger partial charge in [0.05, 0.1) is 24.0 Å². The van der Waals surface area contributed by atoms with Gasteiger partial charge in [0.1, 0.15) is 12.1 Å². The Morgan fingerprint density at radius 2 is 1.63 bits per heavy atom. The second kappa shape index (κ2) is 14.2. The zero-order valence-electron chi connectivity index (χ0n) is 24.2. The van der Waals surface area contributed by atoms with E-state index < -0.39 is 24.4 Å². The molecule has 222 valence electrons. The molecule has 0 aromatic heterocycles. The predicted octanol–water partition coefficient (Wildman–Crippen LogP) is 4.11. The van der Waals surface area contributed by atoms with E-state index in [2.05, 4.69) is 39.5 Å². The lowest BCUT2D eigenvalue weighted by atomic mass is 9.99. The summed E-state index contributed by atoms with van der Waals surface area (Å²) in [6, 6.07) is 12.3. The maximum atomic E-state index is 13.4. The fourth-order valence-corrected chi connectivity index (χ4v) is 6.01. The van der Waals surface area contributed by atoms with Gasteiger partial charge in [0.25, 0.3) is 0 Å². The van der Waals surface area contributed by atoms with E-state index in [1.54, 1.807) is 11.8 Å². The first-order valence-corrected chi connectivity index (χ1v) is 15.3. The fraction of sp³-hybridized carbons (Fsp3) is 0.516. The van der Waals surface area contributed by atoms with Crippen molar-refractivity contribution in [1.82, 2.24) is 16.0 Å². The molecule has 2 aromatic rings. The Bertz CT molecular complexity index is 1240. The number of aliphatic hydroxyl groups is 1. The van der Waals surface area contributed by atoms with E-state index in [1.165, 1.54) is 4.90 Å². The van der Waals surface area contributed by atoms with Gasteiger partial charge in [0.2, 0.25) is 17.7 Å². The summed E-state index contributed by atoms with van der Waals surface area (Å²) in [6.45, 7) is 8.29. The summed E-state index contributed by atoms with van der Waals surface area (Å²) in [6.07, 6.45) is 1.10. The van der Waals surface area contributed by atoms with Gasteiger partial charge in [-0.2, -0.15) is 0 Å². The lowest BCUT2D eigenvalue weighted by Crippen LogP contribution is -2.56. The van der Waals surface area contributed by atoms with Crippen molar-refractivity contribution in [2.24, 2.45) is 11.8 Å². The van der Waals surface area contributed by atoms with E-state index >= 15 is 0 Å². The largest absolute Gasteiger partial charge is 0.366 e. The van der Waals surface area contributed by atoms with Crippen LogP contribution in [0.25, 0.3) is 0 Å². The lowest BCUT2D eigenvalue weighted by molar-refractivity contribution is -0.134.